The van der Waals surface area contributed by atoms with Crippen molar-refractivity contribution in [2.24, 2.45) is 0 Å². The van der Waals surface area contributed by atoms with Crippen LogP contribution in [0.4, 0.5) is 0 Å². The molecular formula is C8H14O5. The molecule has 76 valence electrons. The van der Waals surface area contributed by atoms with Crippen LogP contribution in [0.1, 0.15) is 13.8 Å². The van der Waals surface area contributed by atoms with E-state index in [0.29, 0.717) is 0 Å². The van der Waals surface area contributed by atoms with Gasteiger partial charge in [0.25, 0.3) is 0 Å². The average molecular weight is 190 g/mol. The van der Waals surface area contributed by atoms with Gasteiger partial charge < -0.3 is 24.4 Å². The van der Waals surface area contributed by atoms with E-state index in [-0.39, 0.29) is 12.7 Å². The highest BCUT2D eigenvalue weighted by atomic mass is 16.8. The summed E-state index contributed by atoms with van der Waals surface area (Å²) in [7, 11) is 0. The minimum Gasteiger partial charge on any atom is -0.394 e. The van der Waals surface area contributed by atoms with Crippen molar-refractivity contribution in [3.05, 3.63) is 0 Å². The molecule has 0 saturated carbocycles. The highest BCUT2D eigenvalue weighted by Gasteiger charge is 2.54. The predicted molar refractivity (Wildman–Crippen MR) is 41.8 cm³/mol. The average Bonchev–Trinajstić information content (AvgIpc) is 2.47. The maximum Gasteiger partial charge on any atom is 0.184 e. The first-order chi connectivity index (χ1) is 6.03. The summed E-state index contributed by atoms with van der Waals surface area (Å²) in [6, 6.07) is 0. The molecule has 0 aliphatic carbocycles. The number of hydrogen-bond donors (Lipinski definition) is 2. The molecule has 0 spiro atoms. The Bertz CT molecular complexity index is 205. The second-order valence-electron chi connectivity index (χ2n) is 3.81. The number of hydrogen-bond acceptors (Lipinski definition) is 5. The molecule has 2 unspecified atom stereocenters. The molecule has 2 rings (SSSR count). The molecule has 2 saturated heterocycles. The van der Waals surface area contributed by atoms with Gasteiger partial charge in [0.15, 0.2) is 12.1 Å². The van der Waals surface area contributed by atoms with Gasteiger partial charge in [0.05, 0.1) is 6.61 Å². The van der Waals surface area contributed by atoms with Gasteiger partial charge in [-0.1, -0.05) is 0 Å². The van der Waals surface area contributed by atoms with Crippen LogP contribution in [0.5, 0.6) is 0 Å². The molecule has 2 fully saturated rings. The molecule has 0 aromatic heterocycles. The largest absolute Gasteiger partial charge is 0.394 e. The summed E-state index contributed by atoms with van der Waals surface area (Å²) in [5.74, 6) is -0.701. The van der Waals surface area contributed by atoms with Gasteiger partial charge in [-0.15, -0.1) is 0 Å². The maximum absolute atomic E-state index is 9.39. The Morgan fingerprint density at radius 3 is 2.46 bits per heavy atom. The van der Waals surface area contributed by atoms with Crippen molar-refractivity contribution in [1.29, 1.82) is 0 Å². The van der Waals surface area contributed by atoms with E-state index in [0.717, 1.165) is 0 Å². The zero-order chi connectivity index (χ0) is 9.64. The van der Waals surface area contributed by atoms with E-state index in [2.05, 4.69) is 0 Å². The molecule has 0 radical (unpaired) electrons. The lowest BCUT2D eigenvalue weighted by molar-refractivity contribution is -0.223. The van der Waals surface area contributed by atoms with Crippen molar-refractivity contribution in [1.82, 2.24) is 0 Å². The second-order valence-corrected chi connectivity index (χ2v) is 3.81. The molecule has 0 aromatic rings. The molecule has 0 bridgehead atoms. The molecule has 0 aromatic carbocycles. The monoisotopic (exact) mass is 190 g/mol. The summed E-state index contributed by atoms with van der Waals surface area (Å²) >= 11 is 0. The molecule has 13 heavy (non-hydrogen) atoms. The van der Waals surface area contributed by atoms with Crippen molar-refractivity contribution in [2.75, 3.05) is 6.61 Å². The zero-order valence-corrected chi connectivity index (χ0v) is 7.64. The smallest absolute Gasteiger partial charge is 0.184 e. The Balaban J connectivity index is 2.12. The fourth-order valence-corrected chi connectivity index (χ4v) is 1.81. The maximum atomic E-state index is 9.39. The highest BCUT2D eigenvalue weighted by molar-refractivity contribution is 4.94. The molecule has 0 amide bonds. The Labute approximate surface area is 76.2 Å². The molecule has 2 heterocycles. The van der Waals surface area contributed by atoms with Crippen molar-refractivity contribution in [2.45, 2.75) is 44.2 Å². The zero-order valence-electron chi connectivity index (χ0n) is 7.64. The van der Waals surface area contributed by atoms with Crippen LogP contribution in [-0.4, -0.2) is 47.2 Å². The Kier molecular flexibility index (Phi) is 2.08. The summed E-state index contributed by atoms with van der Waals surface area (Å²) in [5, 5.41) is 18.3. The minimum atomic E-state index is -0.996. The van der Waals surface area contributed by atoms with Crippen molar-refractivity contribution < 1.29 is 24.4 Å². The van der Waals surface area contributed by atoms with Gasteiger partial charge in [0, 0.05) is 0 Å². The van der Waals surface area contributed by atoms with Crippen molar-refractivity contribution in [3.8, 4) is 0 Å². The number of ether oxygens (including phenoxy) is 3. The number of rotatable bonds is 1. The molecule has 5 heteroatoms. The molecule has 2 N–H and O–H groups in total. The third-order valence-electron chi connectivity index (χ3n) is 2.31. The van der Waals surface area contributed by atoms with Gasteiger partial charge >= 0.3 is 0 Å². The SMILES string of the molecule is CC1(C)OC2C(O1)[C@@H](CO)O[C@H]2O. The lowest BCUT2D eigenvalue weighted by atomic mass is 10.1. The normalized spacial score (nSPS) is 48.0. The first-order valence-electron chi connectivity index (χ1n) is 4.33. The van der Waals surface area contributed by atoms with Crippen LogP contribution in [0.2, 0.25) is 0 Å². The van der Waals surface area contributed by atoms with E-state index < -0.39 is 24.3 Å². The van der Waals surface area contributed by atoms with Crippen LogP contribution in [-0.2, 0) is 14.2 Å². The van der Waals surface area contributed by atoms with Crippen LogP contribution in [0.15, 0.2) is 0 Å². The van der Waals surface area contributed by atoms with Gasteiger partial charge in [0.1, 0.15) is 18.3 Å². The molecule has 5 nitrogen and oxygen atoms in total. The first-order valence-corrected chi connectivity index (χ1v) is 4.33. The molecular weight excluding hydrogens is 176 g/mol. The first kappa shape index (κ1) is 9.36. The Morgan fingerprint density at radius 2 is 1.85 bits per heavy atom. The van der Waals surface area contributed by atoms with Crippen LogP contribution in [0.25, 0.3) is 0 Å². The van der Waals surface area contributed by atoms with Crippen molar-refractivity contribution in [3.63, 3.8) is 0 Å². The Morgan fingerprint density at radius 1 is 1.23 bits per heavy atom. The van der Waals surface area contributed by atoms with Gasteiger partial charge in [-0.25, -0.2) is 0 Å². The van der Waals surface area contributed by atoms with Crippen molar-refractivity contribution >= 4 is 0 Å². The topological polar surface area (TPSA) is 68.2 Å². The third kappa shape index (κ3) is 1.47. The fourth-order valence-electron chi connectivity index (χ4n) is 1.81. The summed E-state index contributed by atoms with van der Waals surface area (Å²) in [6.45, 7) is 3.37. The quantitative estimate of drug-likeness (QED) is 0.567. The summed E-state index contributed by atoms with van der Waals surface area (Å²) < 4.78 is 15.9. The number of fused-ring (bicyclic) bond motifs is 1. The lowest BCUT2D eigenvalue weighted by Gasteiger charge is -2.21. The Hall–Kier alpha value is -0.200. The molecule has 4 atom stereocenters. The fraction of sp³-hybridized carbons (Fsp3) is 1.00. The lowest BCUT2D eigenvalue weighted by Crippen LogP contribution is -2.31. The highest BCUT2D eigenvalue weighted by Crippen LogP contribution is 2.37. The summed E-state index contributed by atoms with van der Waals surface area (Å²) in [5.41, 5.74) is 0. The van der Waals surface area contributed by atoms with E-state index in [9.17, 15) is 5.11 Å². The van der Waals surface area contributed by atoms with Crippen LogP contribution in [0.3, 0.4) is 0 Å². The van der Waals surface area contributed by atoms with Crippen LogP contribution >= 0.6 is 0 Å². The van der Waals surface area contributed by atoms with Gasteiger partial charge in [0.2, 0.25) is 0 Å². The summed E-state index contributed by atoms with van der Waals surface area (Å²) in [6.07, 6.45) is -2.33. The molecule has 2 aliphatic rings. The number of aliphatic hydroxyl groups excluding tert-OH is 2. The third-order valence-corrected chi connectivity index (χ3v) is 2.31. The predicted octanol–water partition coefficient (Wildman–Crippen LogP) is -0.784. The number of aliphatic hydroxyl groups is 2. The van der Waals surface area contributed by atoms with E-state index >= 15 is 0 Å². The minimum absolute atomic E-state index is 0.169. The van der Waals surface area contributed by atoms with Gasteiger partial charge in [-0.05, 0) is 13.8 Å². The van der Waals surface area contributed by atoms with E-state index in [1.807, 2.05) is 0 Å². The van der Waals surface area contributed by atoms with E-state index in [1.165, 1.54) is 0 Å². The van der Waals surface area contributed by atoms with Gasteiger partial charge in [-0.2, -0.15) is 0 Å². The summed E-state index contributed by atoms with van der Waals surface area (Å²) in [4.78, 5) is 0. The van der Waals surface area contributed by atoms with E-state index in [1.54, 1.807) is 13.8 Å². The standard InChI is InChI=1S/C8H14O5/c1-8(2)12-5-4(3-9)11-7(10)6(5)13-8/h4-7,9-10H,3H2,1-2H3/t4-,5?,6?,7-/m1/s1. The van der Waals surface area contributed by atoms with Crippen LogP contribution in [0, 0.1) is 0 Å². The van der Waals surface area contributed by atoms with Gasteiger partial charge in [-0.3, -0.25) is 0 Å². The van der Waals surface area contributed by atoms with E-state index in [4.69, 9.17) is 19.3 Å². The van der Waals surface area contributed by atoms with Crippen LogP contribution < -0.4 is 0 Å². The molecule has 2 aliphatic heterocycles. The second kappa shape index (κ2) is 2.90.